The fraction of sp³-hybridized carbons (Fsp3) is 0.364. The summed E-state index contributed by atoms with van der Waals surface area (Å²) in [5.41, 5.74) is 1.13. The minimum absolute atomic E-state index is 0.0694. The first kappa shape index (κ1) is 11.2. The summed E-state index contributed by atoms with van der Waals surface area (Å²) >= 11 is 1.58. The molecule has 1 rings (SSSR count). The van der Waals surface area contributed by atoms with Crippen LogP contribution in [-0.4, -0.2) is 17.3 Å². The lowest BCUT2D eigenvalue weighted by Crippen LogP contribution is -2.03. The Bertz CT molecular complexity index is 336. The Morgan fingerprint density at radius 1 is 1.50 bits per heavy atom. The first-order valence-corrected chi connectivity index (χ1v) is 5.67. The second-order valence-electron chi connectivity index (χ2n) is 3.02. The van der Waals surface area contributed by atoms with Gasteiger partial charge in [-0.05, 0) is 36.4 Å². The van der Waals surface area contributed by atoms with Gasteiger partial charge in [-0.25, -0.2) is 4.39 Å². The Kier molecular flexibility index (Phi) is 4.14. The predicted molar refractivity (Wildman–Crippen MR) is 58.5 cm³/mol. The van der Waals surface area contributed by atoms with Crippen molar-refractivity contribution in [3.63, 3.8) is 0 Å². The molecule has 0 aromatic heterocycles. The summed E-state index contributed by atoms with van der Waals surface area (Å²) in [5, 5.41) is 0. The molecule has 0 heterocycles. The van der Waals surface area contributed by atoms with Gasteiger partial charge in [-0.2, -0.15) is 11.8 Å². The van der Waals surface area contributed by atoms with E-state index in [-0.39, 0.29) is 11.6 Å². The second-order valence-corrected chi connectivity index (χ2v) is 4.30. The van der Waals surface area contributed by atoms with Crippen molar-refractivity contribution in [1.82, 2.24) is 0 Å². The quantitative estimate of drug-likeness (QED) is 0.713. The van der Waals surface area contributed by atoms with Gasteiger partial charge in [-0.3, -0.25) is 4.79 Å². The van der Waals surface area contributed by atoms with Gasteiger partial charge in [0.25, 0.3) is 0 Å². The van der Waals surface area contributed by atoms with Crippen molar-refractivity contribution in [3.05, 3.63) is 35.1 Å². The molecule has 1 nitrogen and oxygen atoms in total. The van der Waals surface area contributed by atoms with E-state index in [1.807, 2.05) is 6.92 Å². The van der Waals surface area contributed by atoms with E-state index >= 15 is 0 Å². The van der Waals surface area contributed by atoms with E-state index in [0.717, 1.165) is 5.75 Å². The van der Waals surface area contributed by atoms with Crippen molar-refractivity contribution in [2.45, 2.75) is 13.8 Å². The van der Waals surface area contributed by atoms with Crippen LogP contribution in [0.15, 0.2) is 18.2 Å². The summed E-state index contributed by atoms with van der Waals surface area (Å²) in [6, 6.07) is 4.49. The van der Waals surface area contributed by atoms with Crippen LogP contribution in [0.1, 0.15) is 22.8 Å². The molecule has 1 aromatic rings. The summed E-state index contributed by atoms with van der Waals surface area (Å²) in [5.74, 6) is 1.21. The molecule has 0 spiro atoms. The van der Waals surface area contributed by atoms with E-state index in [2.05, 4.69) is 0 Å². The molecular formula is C11H13FOS. The minimum atomic E-state index is -0.260. The third-order valence-corrected chi connectivity index (χ3v) is 2.79. The molecule has 0 N–H and O–H groups in total. The highest BCUT2D eigenvalue weighted by Gasteiger charge is 2.07. The maximum Gasteiger partial charge on any atom is 0.172 e. The third kappa shape index (κ3) is 2.84. The van der Waals surface area contributed by atoms with E-state index in [1.54, 1.807) is 30.8 Å². The van der Waals surface area contributed by atoms with E-state index in [4.69, 9.17) is 0 Å². The van der Waals surface area contributed by atoms with E-state index in [0.29, 0.717) is 16.9 Å². The van der Waals surface area contributed by atoms with Crippen LogP contribution in [0.2, 0.25) is 0 Å². The second kappa shape index (κ2) is 5.15. The van der Waals surface area contributed by atoms with Crippen LogP contribution in [0.25, 0.3) is 0 Å². The van der Waals surface area contributed by atoms with Crippen molar-refractivity contribution in [3.8, 4) is 0 Å². The van der Waals surface area contributed by atoms with E-state index in [9.17, 15) is 9.18 Å². The molecule has 14 heavy (non-hydrogen) atoms. The van der Waals surface area contributed by atoms with Crippen molar-refractivity contribution in [1.29, 1.82) is 0 Å². The summed E-state index contributed by atoms with van der Waals surface area (Å²) in [6.45, 7) is 3.67. The van der Waals surface area contributed by atoms with Gasteiger partial charge >= 0.3 is 0 Å². The molecule has 3 heteroatoms. The predicted octanol–water partition coefficient (Wildman–Crippen LogP) is 3.07. The number of carbonyl (C=O) groups is 1. The summed E-state index contributed by atoms with van der Waals surface area (Å²) in [4.78, 5) is 11.5. The Morgan fingerprint density at radius 2 is 2.21 bits per heavy atom. The monoisotopic (exact) mass is 212 g/mol. The standard InChI is InChI=1S/C11H13FOS/c1-3-14-7-11(13)9-4-5-10(12)8(2)6-9/h4-6H,3,7H2,1-2H3. The van der Waals surface area contributed by atoms with Crippen molar-refractivity contribution in [2.75, 3.05) is 11.5 Å². The van der Waals surface area contributed by atoms with Crippen LogP contribution in [0.3, 0.4) is 0 Å². The van der Waals surface area contributed by atoms with Gasteiger partial charge in [-0.15, -0.1) is 0 Å². The topological polar surface area (TPSA) is 17.1 Å². The van der Waals surface area contributed by atoms with Crippen molar-refractivity contribution >= 4 is 17.5 Å². The molecule has 0 fully saturated rings. The Morgan fingerprint density at radius 3 is 2.79 bits per heavy atom. The SMILES string of the molecule is CCSCC(=O)c1ccc(F)c(C)c1. The number of rotatable bonds is 4. The highest BCUT2D eigenvalue weighted by Crippen LogP contribution is 2.12. The van der Waals surface area contributed by atoms with Crippen molar-refractivity contribution < 1.29 is 9.18 Å². The zero-order valence-corrected chi connectivity index (χ0v) is 9.16. The molecule has 0 aliphatic heterocycles. The summed E-state index contributed by atoms with van der Waals surface area (Å²) < 4.78 is 12.9. The van der Waals surface area contributed by atoms with Gasteiger partial charge in [0, 0.05) is 5.56 Å². The molecule has 0 atom stereocenters. The summed E-state index contributed by atoms with van der Waals surface area (Å²) in [7, 11) is 0. The van der Waals surface area contributed by atoms with Gasteiger partial charge in [0.15, 0.2) is 5.78 Å². The zero-order valence-electron chi connectivity index (χ0n) is 8.34. The summed E-state index contributed by atoms with van der Waals surface area (Å²) in [6.07, 6.45) is 0. The molecule has 0 bridgehead atoms. The largest absolute Gasteiger partial charge is 0.293 e. The first-order chi connectivity index (χ1) is 6.65. The first-order valence-electron chi connectivity index (χ1n) is 4.52. The molecule has 1 aromatic carbocycles. The number of carbonyl (C=O) groups excluding carboxylic acids is 1. The van der Waals surface area contributed by atoms with E-state index < -0.39 is 0 Å². The molecule has 0 unspecified atom stereocenters. The minimum Gasteiger partial charge on any atom is -0.293 e. The number of ketones is 1. The number of aryl methyl sites for hydroxylation is 1. The van der Waals surface area contributed by atoms with E-state index in [1.165, 1.54) is 6.07 Å². The molecular weight excluding hydrogens is 199 g/mol. The van der Waals surface area contributed by atoms with Crippen molar-refractivity contribution in [2.24, 2.45) is 0 Å². The number of hydrogen-bond donors (Lipinski definition) is 0. The van der Waals surface area contributed by atoms with Crippen LogP contribution < -0.4 is 0 Å². The maximum atomic E-state index is 12.9. The number of halogens is 1. The molecule has 76 valence electrons. The van der Waals surface area contributed by atoms with Crippen LogP contribution in [-0.2, 0) is 0 Å². The van der Waals surface area contributed by atoms with Gasteiger partial charge in [0.1, 0.15) is 5.82 Å². The van der Waals surface area contributed by atoms with Crippen LogP contribution in [0, 0.1) is 12.7 Å². The number of benzene rings is 1. The van der Waals surface area contributed by atoms with Gasteiger partial charge < -0.3 is 0 Å². The Balaban J connectivity index is 2.76. The molecule has 0 amide bonds. The maximum absolute atomic E-state index is 12.9. The fourth-order valence-corrected chi connectivity index (χ4v) is 1.65. The van der Waals surface area contributed by atoms with Gasteiger partial charge in [-0.1, -0.05) is 6.92 Å². The number of thioether (sulfide) groups is 1. The third-order valence-electron chi connectivity index (χ3n) is 1.92. The number of Topliss-reactive ketones (excluding diaryl/α,β-unsaturated/α-hetero) is 1. The average Bonchev–Trinajstić information content (AvgIpc) is 2.18. The highest BCUT2D eigenvalue weighted by atomic mass is 32.2. The van der Waals surface area contributed by atoms with Crippen LogP contribution in [0.5, 0.6) is 0 Å². The lowest BCUT2D eigenvalue weighted by molar-refractivity contribution is 0.102. The molecule has 0 saturated heterocycles. The van der Waals surface area contributed by atoms with Crippen LogP contribution in [0.4, 0.5) is 4.39 Å². The lowest BCUT2D eigenvalue weighted by Gasteiger charge is -2.01. The fourth-order valence-electron chi connectivity index (χ4n) is 1.10. The molecule has 0 saturated carbocycles. The average molecular weight is 212 g/mol. The molecule has 0 aliphatic rings. The Labute approximate surface area is 87.7 Å². The smallest absolute Gasteiger partial charge is 0.172 e. The van der Waals surface area contributed by atoms with Gasteiger partial charge in [0.2, 0.25) is 0 Å². The zero-order chi connectivity index (χ0) is 10.6. The molecule has 0 radical (unpaired) electrons. The lowest BCUT2D eigenvalue weighted by atomic mass is 10.1. The van der Waals surface area contributed by atoms with Gasteiger partial charge in [0.05, 0.1) is 5.75 Å². The molecule has 0 aliphatic carbocycles. The highest BCUT2D eigenvalue weighted by molar-refractivity contribution is 7.99. The number of hydrogen-bond acceptors (Lipinski definition) is 2. The Hall–Kier alpha value is -0.830. The normalized spacial score (nSPS) is 10.2. The van der Waals surface area contributed by atoms with Crippen LogP contribution >= 0.6 is 11.8 Å².